The number of carbonyl (C=O) groups excluding carboxylic acids is 2. The van der Waals surface area contributed by atoms with E-state index in [1.165, 1.54) is 0 Å². The summed E-state index contributed by atoms with van der Waals surface area (Å²) in [5.41, 5.74) is 6.18. The summed E-state index contributed by atoms with van der Waals surface area (Å²) < 4.78 is 114. The average Bonchev–Trinajstić information content (AvgIpc) is 0.780. The number of carbonyl (C=O) groups is 2. The van der Waals surface area contributed by atoms with Crippen molar-refractivity contribution in [3.63, 3.8) is 0 Å². The molecule has 0 spiro atoms. The monoisotopic (exact) mass is 1490 g/mol. The third-order valence-electron chi connectivity index (χ3n) is 18.5. The van der Waals surface area contributed by atoms with Gasteiger partial charge >= 0.3 is 5.97 Å². The standard InChI is InChI=1S/C58H98N2O42/c59-21(51(82)60-11-20-18-86-8-7-84-4-3-83-5-6-85-9-10-87-20)1-2-29(67)88-19-28-50-36(74)43(81)58(95-28)101-49-27(17-66)93-56(41(79)34(49)72)99-47-25(15-64)91-54(39(77)32(47)70)97-45-23(13-62)89-52(37(75)30(45)68)96-44-22(12-61)90-53(38(76)31(44)69)98-46-24(14-63)92-55(40(78)33(46)71)100-48-26(16-65)94-57(102-50)42(80)35(48)73/h20-28,30-50,52-58,61-66,68-81H,1-19,59H2,(H,60,82). The second-order valence-corrected chi connectivity index (χ2v) is 25.4. The lowest BCUT2D eigenvalue weighted by molar-refractivity contribution is -0.396. The summed E-state index contributed by atoms with van der Waals surface area (Å²) in [6.07, 6.45) is -74.8. The van der Waals surface area contributed by atoms with E-state index in [0.717, 1.165) is 0 Å². The molecule has 0 radical (unpaired) electrons. The van der Waals surface area contributed by atoms with Crippen LogP contribution in [0.3, 0.4) is 0 Å². The van der Waals surface area contributed by atoms with Gasteiger partial charge in [-0.1, -0.05) is 0 Å². The van der Waals surface area contributed by atoms with Gasteiger partial charge in [0.15, 0.2) is 44.0 Å². The van der Waals surface area contributed by atoms with Crippen LogP contribution in [0.2, 0.25) is 0 Å². The fourth-order valence-corrected chi connectivity index (χ4v) is 12.7. The number of aliphatic hydroxyl groups excluding tert-OH is 20. The maximum atomic E-state index is 13.5. The van der Waals surface area contributed by atoms with Gasteiger partial charge in [0.1, 0.15) is 178 Å². The van der Waals surface area contributed by atoms with E-state index < -0.39 is 292 Å². The number of amides is 1. The molecule has 22 fully saturated rings. The molecule has 14 bridgehead atoms. The zero-order valence-electron chi connectivity index (χ0n) is 54.8. The fourth-order valence-electron chi connectivity index (χ4n) is 12.7. The number of rotatable bonds is 14. The van der Waals surface area contributed by atoms with E-state index in [4.69, 9.17) is 100 Å². The molecule has 1 amide bonds. The van der Waals surface area contributed by atoms with E-state index in [1.54, 1.807) is 0 Å². The molecule has 22 heterocycles. The summed E-state index contributed by atoms with van der Waals surface area (Å²) in [4.78, 5) is 26.8. The van der Waals surface area contributed by atoms with Gasteiger partial charge in [0.25, 0.3) is 0 Å². The van der Waals surface area contributed by atoms with Gasteiger partial charge in [-0.2, -0.15) is 0 Å². The molecular weight excluding hydrogens is 1400 g/mol. The number of ether oxygens (including phenoxy) is 20. The summed E-state index contributed by atoms with van der Waals surface area (Å²) in [6.45, 7) is -5.47. The fraction of sp³-hybridized carbons (Fsp3) is 0.966. The summed E-state index contributed by atoms with van der Waals surface area (Å²) in [6, 6.07) is -1.33. The van der Waals surface area contributed by atoms with Crippen LogP contribution >= 0.6 is 0 Å². The zero-order valence-corrected chi connectivity index (χ0v) is 54.8. The van der Waals surface area contributed by atoms with E-state index in [1.807, 2.05) is 0 Å². The summed E-state index contributed by atoms with van der Waals surface area (Å²) in [7, 11) is 0. The Hall–Kier alpha value is -2.66. The largest absolute Gasteiger partial charge is 0.463 e. The Bertz CT molecular complexity index is 2470. The van der Waals surface area contributed by atoms with Gasteiger partial charge in [-0.15, -0.1) is 0 Å². The minimum atomic E-state index is -2.35. The molecule has 44 nitrogen and oxygen atoms in total. The highest BCUT2D eigenvalue weighted by atomic mass is 16.8. The molecule has 102 heavy (non-hydrogen) atoms. The van der Waals surface area contributed by atoms with Crippen molar-refractivity contribution in [1.82, 2.24) is 5.32 Å². The lowest BCUT2D eigenvalue weighted by atomic mass is 9.95. The van der Waals surface area contributed by atoms with E-state index in [2.05, 4.69) is 5.32 Å². The molecule has 0 aromatic rings. The molecule has 0 saturated carbocycles. The minimum absolute atomic E-state index is 0.0433. The van der Waals surface area contributed by atoms with Crippen molar-refractivity contribution < 1.29 is 206 Å². The first kappa shape index (κ1) is 83.4. The maximum Gasteiger partial charge on any atom is 0.305 e. The Balaban J connectivity index is 0.948. The number of esters is 1. The Kier molecular flexibility index (Phi) is 32.0. The molecule has 22 rings (SSSR count). The van der Waals surface area contributed by atoms with Crippen LogP contribution in [0.25, 0.3) is 0 Å². The molecule has 0 aromatic carbocycles. The number of nitrogens with two attached hydrogens (primary N) is 1. The summed E-state index contributed by atoms with van der Waals surface area (Å²) in [5, 5.41) is 228. The third kappa shape index (κ3) is 19.8. The molecule has 37 atom stereocenters. The third-order valence-corrected chi connectivity index (χ3v) is 18.5. The second kappa shape index (κ2) is 39.1. The van der Waals surface area contributed by atoms with Gasteiger partial charge in [-0.05, 0) is 6.42 Å². The predicted molar refractivity (Wildman–Crippen MR) is 316 cm³/mol. The highest BCUT2D eigenvalue weighted by Crippen LogP contribution is 2.39. The van der Waals surface area contributed by atoms with Gasteiger partial charge in [0.2, 0.25) is 5.91 Å². The van der Waals surface area contributed by atoms with Crippen LogP contribution in [0.4, 0.5) is 0 Å². The molecule has 22 aliphatic rings. The summed E-state index contributed by atoms with van der Waals surface area (Å²) >= 11 is 0. The van der Waals surface area contributed by atoms with Crippen LogP contribution < -0.4 is 11.1 Å². The molecule has 44 heteroatoms. The van der Waals surface area contributed by atoms with E-state index >= 15 is 0 Å². The average molecular weight is 1500 g/mol. The van der Waals surface area contributed by atoms with Gasteiger partial charge in [-0.3, -0.25) is 9.59 Å². The number of hydrogen-bond donors (Lipinski definition) is 22. The molecule has 592 valence electrons. The minimum Gasteiger partial charge on any atom is -0.463 e. The van der Waals surface area contributed by atoms with Gasteiger partial charge in [0, 0.05) is 13.0 Å². The zero-order chi connectivity index (χ0) is 73.8. The molecule has 37 unspecified atom stereocenters. The molecule has 0 aromatic heterocycles. The Morgan fingerprint density at radius 3 is 0.863 bits per heavy atom. The van der Waals surface area contributed by atoms with Crippen LogP contribution in [0, 0.1) is 0 Å². The van der Waals surface area contributed by atoms with Crippen LogP contribution in [0.5, 0.6) is 0 Å². The Morgan fingerprint density at radius 1 is 0.343 bits per heavy atom. The second-order valence-electron chi connectivity index (χ2n) is 25.4. The molecule has 23 N–H and O–H groups in total. The van der Waals surface area contributed by atoms with E-state index in [9.17, 15) is 112 Å². The maximum absolute atomic E-state index is 13.5. The van der Waals surface area contributed by atoms with Crippen LogP contribution in [-0.4, -0.2) is 453 Å². The molecule has 0 aliphatic carbocycles. The number of hydrogen-bond acceptors (Lipinski definition) is 43. The smallest absolute Gasteiger partial charge is 0.305 e. The predicted octanol–water partition coefficient (Wildman–Crippen LogP) is -16.0. The van der Waals surface area contributed by atoms with Gasteiger partial charge in [0.05, 0.1) is 111 Å². The van der Waals surface area contributed by atoms with Crippen molar-refractivity contribution in [2.75, 3.05) is 112 Å². The first-order valence-electron chi connectivity index (χ1n) is 33.3. The van der Waals surface area contributed by atoms with Crippen molar-refractivity contribution in [1.29, 1.82) is 0 Å². The van der Waals surface area contributed by atoms with Crippen LogP contribution in [-0.2, 0) is 104 Å². The van der Waals surface area contributed by atoms with Crippen LogP contribution in [0.15, 0.2) is 0 Å². The first-order chi connectivity index (χ1) is 48.9. The first-order valence-corrected chi connectivity index (χ1v) is 33.3. The Morgan fingerprint density at radius 2 is 0.588 bits per heavy atom. The van der Waals surface area contributed by atoms with Crippen molar-refractivity contribution in [3.8, 4) is 0 Å². The normalized spacial score (nSPS) is 47.6. The van der Waals surface area contributed by atoms with Crippen molar-refractivity contribution >= 4 is 11.9 Å². The number of nitrogens with one attached hydrogen (secondary N) is 1. The van der Waals surface area contributed by atoms with E-state index in [0.29, 0.717) is 26.4 Å². The van der Waals surface area contributed by atoms with Gasteiger partial charge < -0.3 is 208 Å². The highest BCUT2D eigenvalue weighted by molar-refractivity contribution is 5.82. The highest BCUT2D eigenvalue weighted by Gasteiger charge is 2.60. The quantitative estimate of drug-likeness (QED) is 0.0718. The van der Waals surface area contributed by atoms with Crippen molar-refractivity contribution in [3.05, 3.63) is 0 Å². The molecule has 22 aliphatic heterocycles. The molecular formula is C58H98N2O42. The number of aliphatic hydroxyl groups is 20. The lowest BCUT2D eigenvalue weighted by Gasteiger charge is -2.50. The van der Waals surface area contributed by atoms with Gasteiger partial charge in [-0.25, -0.2) is 0 Å². The van der Waals surface area contributed by atoms with Crippen molar-refractivity contribution in [2.24, 2.45) is 5.73 Å². The lowest BCUT2D eigenvalue weighted by Crippen LogP contribution is -2.68. The van der Waals surface area contributed by atoms with E-state index in [-0.39, 0.29) is 46.0 Å². The topological polar surface area (TPSA) is 661 Å². The summed E-state index contributed by atoms with van der Waals surface area (Å²) in [5.74, 6) is -1.78. The Labute approximate surface area is 580 Å². The molecule has 22 saturated heterocycles. The van der Waals surface area contributed by atoms with Crippen LogP contribution in [0.1, 0.15) is 12.8 Å². The SMILES string of the molecule is NC(CCC(=O)OCC1OC2OC3C(CO)OC(OC4C(CO)OC(OC5C(CO)OC(OC6C(CO)OC(OC7C(CO)OC(OC8C(CO)OC(OC1C(O)C2O)C(O)C8O)C(O)C7O)C(O)C6O)C(O)C5O)C(O)C4O)C(O)C3O)C(=O)NCC1COCCOCCOCCOCCO1. The van der Waals surface area contributed by atoms with Crippen molar-refractivity contribution in [2.45, 2.75) is 240 Å².